The summed E-state index contributed by atoms with van der Waals surface area (Å²) in [5.41, 5.74) is 2.17. The fourth-order valence-corrected chi connectivity index (χ4v) is 2.74. The Labute approximate surface area is 105 Å². The molecular formula is C14H16FNS. The van der Waals surface area contributed by atoms with Gasteiger partial charge in [-0.2, -0.15) is 0 Å². The number of benzene rings is 1. The molecule has 90 valence electrons. The van der Waals surface area contributed by atoms with E-state index in [-0.39, 0.29) is 11.9 Å². The molecule has 0 bridgehead atoms. The highest BCUT2D eigenvalue weighted by Gasteiger charge is 2.13. The van der Waals surface area contributed by atoms with Crippen molar-refractivity contribution in [3.63, 3.8) is 0 Å². The zero-order valence-corrected chi connectivity index (χ0v) is 10.9. The van der Waals surface area contributed by atoms with Crippen LogP contribution in [0.5, 0.6) is 0 Å². The van der Waals surface area contributed by atoms with E-state index in [2.05, 4.69) is 16.8 Å². The highest BCUT2D eigenvalue weighted by Crippen LogP contribution is 2.24. The Morgan fingerprint density at radius 1 is 1.35 bits per heavy atom. The van der Waals surface area contributed by atoms with Crippen molar-refractivity contribution in [2.75, 3.05) is 7.05 Å². The molecule has 0 radical (unpaired) electrons. The quantitative estimate of drug-likeness (QED) is 0.871. The molecule has 0 aliphatic heterocycles. The normalized spacial score (nSPS) is 12.6. The van der Waals surface area contributed by atoms with Gasteiger partial charge in [0.1, 0.15) is 5.82 Å². The first-order chi connectivity index (χ1) is 8.20. The molecule has 0 aliphatic carbocycles. The van der Waals surface area contributed by atoms with E-state index in [1.165, 1.54) is 10.9 Å². The largest absolute Gasteiger partial charge is 0.313 e. The predicted octanol–water partition coefficient (Wildman–Crippen LogP) is 3.70. The van der Waals surface area contributed by atoms with Gasteiger partial charge in [0.25, 0.3) is 0 Å². The molecule has 1 heterocycles. The maximum absolute atomic E-state index is 13.3. The minimum absolute atomic E-state index is 0.169. The third-order valence-corrected chi connectivity index (χ3v) is 3.85. The van der Waals surface area contributed by atoms with Crippen molar-refractivity contribution in [3.8, 4) is 0 Å². The summed E-state index contributed by atoms with van der Waals surface area (Å²) in [5.74, 6) is -0.169. The Morgan fingerprint density at radius 3 is 2.82 bits per heavy atom. The minimum Gasteiger partial charge on any atom is -0.313 e. The second-order valence-corrected chi connectivity index (χ2v) is 5.16. The average molecular weight is 249 g/mol. The fourth-order valence-electron chi connectivity index (χ4n) is 1.98. The molecule has 2 rings (SSSR count). The lowest BCUT2D eigenvalue weighted by molar-refractivity contribution is 0.577. The number of aryl methyl sites for hydroxylation is 1. The van der Waals surface area contributed by atoms with Crippen LogP contribution in [0.4, 0.5) is 4.39 Å². The molecule has 0 fully saturated rings. The third kappa shape index (κ3) is 2.93. The van der Waals surface area contributed by atoms with Crippen LogP contribution < -0.4 is 5.32 Å². The molecule has 0 spiro atoms. The highest BCUT2D eigenvalue weighted by molar-refractivity contribution is 7.09. The lowest BCUT2D eigenvalue weighted by atomic mass is 9.98. The molecule has 0 saturated heterocycles. The molecule has 1 atom stereocenters. The SMILES string of the molecule is CNC(Cc1cccs1)c1cc(F)ccc1C. The zero-order valence-electron chi connectivity index (χ0n) is 10.0. The number of halogens is 1. The van der Waals surface area contributed by atoms with Gasteiger partial charge in [-0.3, -0.25) is 0 Å². The summed E-state index contributed by atoms with van der Waals surface area (Å²) in [6.07, 6.45) is 0.901. The monoisotopic (exact) mass is 249 g/mol. The van der Waals surface area contributed by atoms with E-state index in [0.29, 0.717) is 0 Å². The standard InChI is InChI=1S/C14H16FNS/c1-10-5-6-11(15)8-13(10)14(16-2)9-12-4-3-7-17-12/h3-8,14,16H,9H2,1-2H3. The van der Waals surface area contributed by atoms with Gasteiger partial charge in [0.2, 0.25) is 0 Å². The molecular weight excluding hydrogens is 233 g/mol. The zero-order chi connectivity index (χ0) is 12.3. The highest BCUT2D eigenvalue weighted by atomic mass is 32.1. The summed E-state index contributed by atoms with van der Waals surface area (Å²) in [6.45, 7) is 2.02. The Bertz CT molecular complexity index is 479. The summed E-state index contributed by atoms with van der Waals surface area (Å²) in [5, 5.41) is 5.33. The van der Waals surface area contributed by atoms with Gasteiger partial charge in [0.15, 0.2) is 0 Å². The second kappa shape index (κ2) is 5.43. The van der Waals surface area contributed by atoms with E-state index < -0.39 is 0 Å². The van der Waals surface area contributed by atoms with Crippen LogP contribution in [0.3, 0.4) is 0 Å². The van der Waals surface area contributed by atoms with Crippen molar-refractivity contribution in [2.24, 2.45) is 0 Å². The van der Waals surface area contributed by atoms with Gasteiger partial charge in [-0.15, -0.1) is 11.3 Å². The smallest absolute Gasteiger partial charge is 0.123 e. The summed E-state index contributed by atoms with van der Waals surface area (Å²) in [7, 11) is 1.92. The van der Waals surface area contributed by atoms with Gasteiger partial charge >= 0.3 is 0 Å². The second-order valence-electron chi connectivity index (χ2n) is 4.13. The summed E-state index contributed by atoms with van der Waals surface area (Å²) < 4.78 is 13.3. The Morgan fingerprint density at radius 2 is 2.18 bits per heavy atom. The summed E-state index contributed by atoms with van der Waals surface area (Å²) in [4.78, 5) is 1.31. The van der Waals surface area contributed by atoms with E-state index in [9.17, 15) is 4.39 Å². The summed E-state index contributed by atoms with van der Waals surface area (Å²) in [6, 6.07) is 9.31. The van der Waals surface area contributed by atoms with Gasteiger partial charge in [0, 0.05) is 17.3 Å². The maximum atomic E-state index is 13.3. The molecule has 3 heteroatoms. The molecule has 1 unspecified atom stereocenters. The van der Waals surface area contributed by atoms with Crippen LogP contribution in [0.1, 0.15) is 22.0 Å². The molecule has 2 aromatic rings. The van der Waals surface area contributed by atoms with Crippen molar-refractivity contribution in [3.05, 3.63) is 57.5 Å². The lowest BCUT2D eigenvalue weighted by Gasteiger charge is -2.18. The minimum atomic E-state index is -0.169. The Hall–Kier alpha value is -1.19. The average Bonchev–Trinajstić information content (AvgIpc) is 2.82. The van der Waals surface area contributed by atoms with Crippen molar-refractivity contribution >= 4 is 11.3 Å². The molecule has 17 heavy (non-hydrogen) atoms. The molecule has 0 amide bonds. The number of nitrogens with one attached hydrogen (secondary N) is 1. The first-order valence-corrected chi connectivity index (χ1v) is 6.54. The number of rotatable bonds is 4. The molecule has 1 aromatic heterocycles. The Balaban J connectivity index is 2.25. The van der Waals surface area contributed by atoms with Crippen molar-refractivity contribution in [2.45, 2.75) is 19.4 Å². The Kier molecular flexibility index (Phi) is 3.92. The van der Waals surface area contributed by atoms with Crippen molar-refractivity contribution in [1.82, 2.24) is 5.32 Å². The molecule has 1 aromatic carbocycles. The van der Waals surface area contributed by atoms with Gasteiger partial charge < -0.3 is 5.32 Å². The fraction of sp³-hybridized carbons (Fsp3) is 0.286. The molecule has 0 saturated carbocycles. The van der Waals surface area contributed by atoms with E-state index in [1.54, 1.807) is 17.4 Å². The number of likely N-dealkylation sites (N-methyl/N-ethyl adjacent to an activating group) is 1. The van der Waals surface area contributed by atoms with Crippen LogP contribution in [0.2, 0.25) is 0 Å². The van der Waals surface area contributed by atoms with Gasteiger partial charge in [-0.1, -0.05) is 12.1 Å². The van der Waals surface area contributed by atoms with E-state index in [0.717, 1.165) is 17.5 Å². The molecule has 1 nitrogen and oxygen atoms in total. The van der Waals surface area contributed by atoms with Crippen LogP contribution in [-0.4, -0.2) is 7.05 Å². The predicted molar refractivity (Wildman–Crippen MR) is 71.0 cm³/mol. The van der Waals surface area contributed by atoms with Crippen molar-refractivity contribution < 1.29 is 4.39 Å². The number of thiophene rings is 1. The van der Waals surface area contributed by atoms with Crippen molar-refractivity contribution in [1.29, 1.82) is 0 Å². The van der Waals surface area contributed by atoms with Crippen LogP contribution in [0.15, 0.2) is 35.7 Å². The van der Waals surface area contributed by atoms with Crippen LogP contribution in [0, 0.1) is 12.7 Å². The van der Waals surface area contributed by atoms with E-state index in [1.807, 2.05) is 26.1 Å². The van der Waals surface area contributed by atoms with Crippen LogP contribution in [-0.2, 0) is 6.42 Å². The lowest BCUT2D eigenvalue weighted by Crippen LogP contribution is -2.19. The van der Waals surface area contributed by atoms with E-state index >= 15 is 0 Å². The number of hydrogen-bond acceptors (Lipinski definition) is 2. The third-order valence-electron chi connectivity index (χ3n) is 2.95. The van der Waals surface area contributed by atoms with Crippen LogP contribution in [0.25, 0.3) is 0 Å². The maximum Gasteiger partial charge on any atom is 0.123 e. The molecule has 0 aliphatic rings. The molecule has 1 N–H and O–H groups in total. The van der Waals surface area contributed by atoms with Crippen LogP contribution >= 0.6 is 11.3 Å². The topological polar surface area (TPSA) is 12.0 Å². The van der Waals surface area contributed by atoms with Gasteiger partial charge in [-0.25, -0.2) is 4.39 Å². The van der Waals surface area contributed by atoms with E-state index in [4.69, 9.17) is 0 Å². The number of hydrogen-bond donors (Lipinski definition) is 1. The van der Waals surface area contributed by atoms with Gasteiger partial charge in [-0.05, 0) is 48.7 Å². The first kappa shape index (κ1) is 12.3. The summed E-state index contributed by atoms with van der Waals surface area (Å²) >= 11 is 1.74. The first-order valence-electron chi connectivity index (χ1n) is 5.66. The van der Waals surface area contributed by atoms with Gasteiger partial charge in [0.05, 0.1) is 0 Å².